The Kier molecular flexibility index (Phi) is 4.96. The number of nitrogen functional groups attached to an aromatic ring is 1. The van der Waals surface area contributed by atoms with Crippen LogP contribution in [0.25, 0.3) is 0 Å². The molecule has 1 rings (SSSR count). The standard InChI is InChI=1S/C14H20N4O2/c1-14(2,3)18-7-9(6-15)12-5-11(16)10(8-17-4)13(19)20-12/h5-9,15H,16H2,1-4H3. The molecule has 0 aromatic carbocycles. The zero-order chi connectivity index (χ0) is 15.3. The molecule has 0 aliphatic carbocycles. The van der Waals surface area contributed by atoms with E-state index in [-0.39, 0.29) is 16.8 Å². The van der Waals surface area contributed by atoms with E-state index < -0.39 is 11.5 Å². The van der Waals surface area contributed by atoms with Crippen molar-refractivity contribution < 1.29 is 4.42 Å². The van der Waals surface area contributed by atoms with Gasteiger partial charge in [-0.3, -0.25) is 9.98 Å². The van der Waals surface area contributed by atoms with E-state index in [2.05, 4.69) is 9.98 Å². The largest absolute Gasteiger partial charge is 0.426 e. The first kappa shape index (κ1) is 15.8. The lowest BCUT2D eigenvalue weighted by Crippen LogP contribution is -2.16. The molecule has 0 bridgehead atoms. The van der Waals surface area contributed by atoms with E-state index in [9.17, 15) is 4.79 Å². The molecule has 1 unspecified atom stereocenters. The van der Waals surface area contributed by atoms with Crippen molar-refractivity contribution in [2.45, 2.75) is 32.2 Å². The number of aliphatic imine (C=N–C) groups is 2. The van der Waals surface area contributed by atoms with Crippen molar-refractivity contribution in [3.05, 3.63) is 27.8 Å². The second-order valence-corrected chi connectivity index (χ2v) is 5.33. The van der Waals surface area contributed by atoms with Gasteiger partial charge in [-0.2, -0.15) is 0 Å². The van der Waals surface area contributed by atoms with E-state index in [0.717, 1.165) is 6.21 Å². The van der Waals surface area contributed by atoms with Crippen LogP contribution in [0.4, 0.5) is 5.69 Å². The minimum Gasteiger partial charge on any atom is -0.426 e. The molecule has 0 saturated carbocycles. The van der Waals surface area contributed by atoms with Crippen LogP contribution in [-0.2, 0) is 0 Å². The summed E-state index contributed by atoms with van der Waals surface area (Å²) in [5.74, 6) is -0.222. The Hall–Kier alpha value is -2.24. The first-order valence-electron chi connectivity index (χ1n) is 6.20. The fourth-order valence-electron chi connectivity index (χ4n) is 1.46. The van der Waals surface area contributed by atoms with E-state index in [1.165, 1.54) is 12.3 Å². The summed E-state index contributed by atoms with van der Waals surface area (Å²) in [4.78, 5) is 19.9. The van der Waals surface area contributed by atoms with Crippen LogP contribution in [0, 0.1) is 5.41 Å². The third-order valence-corrected chi connectivity index (χ3v) is 2.43. The van der Waals surface area contributed by atoms with Crippen LogP contribution in [0.15, 0.2) is 25.3 Å². The van der Waals surface area contributed by atoms with Crippen molar-refractivity contribution in [1.82, 2.24) is 0 Å². The summed E-state index contributed by atoms with van der Waals surface area (Å²) >= 11 is 0. The smallest absolute Gasteiger partial charge is 0.346 e. The lowest BCUT2D eigenvalue weighted by molar-refractivity contribution is 0.468. The fraction of sp³-hybridized carbons (Fsp3) is 0.429. The predicted octanol–water partition coefficient (Wildman–Crippen LogP) is 1.87. The van der Waals surface area contributed by atoms with Crippen LogP contribution in [0.2, 0.25) is 0 Å². The van der Waals surface area contributed by atoms with Gasteiger partial charge in [0.1, 0.15) is 11.3 Å². The summed E-state index contributed by atoms with van der Waals surface area (Å²) in [6.45, 7) is 5.82. The van der Waals surface area contributed by atoms with Gasteiger partial charge < -0.3 is 15.6 Å². The Balaban J connectivity index is 3.22. The minimum atomic E-state index is -0.568. The summed E-state index contributed by atoms with van der Waals surface area (Å²) in [5, 5.41) is 7.44. The third-order valence-electron chi connectivity index (χ3n) is 2.43. The lowest BCUT2D eigenvalue weighted by atomic mass is 10.1. The number of hydrogen-bond acceptors (Lipinski definition) is 6. The third kappa shape index (κ3) is 4.15. The van der Waals surface area contributed by atoms with Gasteiger partial charge in [0.05, 0.1) is 17.1 Å². The molecule has 0 aliphatic rings. The lowest BCUT2D eigenvalue weighted by Gasteiger charge is -2.13. The summed E-state index contributed by atoms with van der Waals surface area (Å²) in [5.41, 5.74) is 5.47. The molecular weight excluding hydrogens is 256 g/mol. The molecule has 1 aromatic rings. The highest BCUT2D eigenvalue weighted by Crippen LogP contribution is 2.17. The van der Waals surface area contributed by atoms with E-state index in [1.807, 2.05) is 20.8 Å². The monoisotopic (exact) mass is 276 g/mol. The Bertz CT molecular complexity index is 594. The normalized spacial score (nSPS) is 14.0. The van der Waals surface area contributed by atoms with Crippen molar-refractivity contribution in [1.29, 1.82) is 5.41 Å². The quantitative estimate of drug-likeness (QED) is 0.820. The van der Waals surface area contributed by atoms with Crippen LogP contribution in [0.5, 0.6) is 0 Å². The van der Waals surface area contributed by atoms with Gasteiger partial charge in [-0.15, -0.1) is 0 Å². The molecular formula is C14H20N4O2. The maximum absolute atomic E-state index is 11.8. The van der Waals surface area contributed by atoms with Crippen molar-refractivity contribution in [3.63, 3.8) is 0 Å². The second kappa shape index (κ2) is 6.27. The number of rotatable bonds is 4. The number of hydrogen-bond donors (Lipinski definition) is 2. The van der Waals surface area contributed by atoms with Gasteiger partial charge in [-0.1, -0.05) is 0 Å². The molecule has 0 saturated heterocycles. The highest BCUT2D eigenvalue weighted by Gasteiger charge is 2.15. The number of nitrogens with zero attached hydrogens (tertiary/aromatic N) is 2. The van der Waals surface area contributed by atoms with E-state index in [0.29, 0.717) is 5.76 Å². The van der Waals surface area contributed by atoms with Crippen molar-refractivity contribution in [2.24, 2.45) is 9.98 Å². The summed E-state index contributed by atoms with van der Waals surface area (Å²) in [6.07, 6.45) is 4.09. The molecule has 1 heterocycles. The van der Waals surface area contributed by atoms with Gasteiger partial charge in [0, 0.05) is 31.8 Å². The predicted molar refractivity (Wildman–Crippen MR) is 82.7 cm³/mol. The number of nitrogens with two attached hydrogens (primary N) is 1. The average Bonchev–Trinajstić information content (AvgIpc) is 2.33. The van der Waals surface area contributed by atoms with Gasteiger partial charge in [0.2, 0.25) is 0 Å². The first-order valence-corrected chi connectivity index (χ1v) is 6.20. The Morgan fingerprint density at radius 1 is 1.45 bits per heavy atom. The van der Waals surface area contributed by atoms with Gasteiger partial charge in [0.25, 0.3) is 0 Å². The molecule has 0 spiro atoms. The van der Waals surface area contributed by atoms with Crippen LogP contribution < -0.4 is 11.4 Å². The summed E-state index contributed by atoms with van der Waals surface area (Å²) in [6, 6.07) is 1.53. The molecule has 6 heteroatoms. The summed E-state index contributed by atoms with van der Waals surface area (Å²) in [7, 11) is 1.54. The Morgan fingerprint density at radius 2 is 2.10 bits per heavy atom. The van der Waals surface area contributed by atoms with Gasteiger partial charge in [-0.25, -0.2) is 4.79 Å². The van der Waals surface area contributed by atoms with E-state index in [4.69, 9.17) is 15.6 Å². The maximum Gasteiger partial charge on any atom is 0.346 e. The van der Waals surface area contributed by atoms with E-state index >= 15 is 0 Å². The van der Waals surface area contributed by atoms with Gasteiger partial charge >= 0.3 is 5.63 Å². The average molecular weight is 276 g/mol. The number of nitrogens with one attached hydrogen (secondary N) is 1. The van der Waals surface area contributed by atoms with Gasteiger partial charge in [0.15, 0.2) is 0 Å². The van der Waals surface area contributed by atoms with Crippen molar-refractivity contribution in [2.75, 3.05) is 12.8 Å². The van der Waals surface area contributed by atoms with Crippen LogP contribution >= 0.6 is 0 Å². The Labute approximate surface area is 117 Å². The highest BCUT2D eigenvalue weighted by molar-refractivity contribution is 5.90. The molecule has 0 aliphatic heterocycles. The molecule has 1 atom stereocenters. The minimum absolute atomic E-state index is 0.216. The molecule has 3 N–H and O–H groups in total. The molecule has 0 fully saturated rings. The topological polar surface area (TPSA) is 105 Å². The maximum atomic E-state index is 11.8. The zero-order valence-electron chi connectivity index (χ0n) is 12.2. The van der Waals surface area contributed by atoms with Crippen molar-refractivity contribution >= 4 is 24.3 Å². The Morgan fingerprint density at radius 3 is 2.55 bits per heavy atom. The molecule has 108 valence electrons. The van der Waals surface area contributed by atoms with Crippen LogP contribution in [-0.4, -0.2) is 31.2 Å². The van der Waals surface area contributed by atoms with Crippen molar-refractivity contribution in [3.8, 4) is 0 Å². The zero-order valence-corrected chi connectivity index (χ0v) is 12.2. The molecule has 0 amide bonds. The summed E-state index contributed by atoms with van der Waals surface area (Å²) < 4.78 is 5.19. The number of anilines is 1. The molecule has 6 nitrogen and oxygen atoms in total. The van der Waals surface area contributed by atoms with E-state index in [1.54, 1.807) is 13.3 Å². The SMILES string of the molecule is CN=Cc1c(N)cc(C(C=N)C=NC(C)(C)C)oc1=O. The molecule has 1 aromatic heterocycles. The fourth-order valence-corrected chi connectivity index (χ4v) is 1.46. The second-order valence-electron chi connectivity index (χ2n) is 5.33. The van der Waals surface area contributed by atoms with Gasteiger partial charge in [-0.05, 0) is 20.8 Å². The molecule has 0 radical (unpaired) electrons. The van der Waals surface area contributed by atoms with Crippen LogP contribution in [0.1, 0.15) is 38.0 Å². The highest BCUT2D eigenvalue weighted by atomic mass is 16.4. The first-order chi connectivity index (χ1) is 9.28. The molecule has 20 heavy (non-hydrogen) atoms. The van der Waals surface area contributed by atoms with Crippen LogP contribution in [0.3, 0.4) is 0 Å².